The average Bonchev–Trinajstić information content (AvgIpc) is 3.07. The highest BCUT2D eigenvalue weighted by molar-refractivity contribution is 7.89. The molecule has 8 heteroatoms. The van der Waals surface area contributed by atoms with Crippen LogP contribution in [0.5, 0.6) is 0 Å². The monoisotopic (exact) mass is 457 g/mol. The van der Waals surface area contributed by atoms with Crippen molar-refractivity contribution in [3.8, 4) is 0 Å². The smallest absolute Gasteiger partial charge is 0.242 e. The third-order valence-electron chi connectivity index (χ3n) is 5.78. The molecule has 0 aliphatic carbocycles. The first-order valence-electron chi connectivity index (χ1n) is 10.9. The van der Waals surface area contributed by atoms with Gasteiger partial charge in [0.25, 0.3) is 0 Å². The molecule has 0 unspecified atom stereocenters. The zero-order valence-corrected chi connectivity index (χ0v) is 20.0. The zero-order valence-electron chi connectivity index (χ0n) is 19.2. The van der Waals surface area contributed by atoms with E-state index in [2.05, 4.69) is 17.0 Å². The fourth-order valence-corrected chi connectivity index (χ4v) is 5.42. The van der Waals surface area contributed by atoms with E-state index in [-0.39, 0.29) is 22.8 Å². The summed E-state index contributed by atoms with van der Waals surface area (Å²) in [5, 5.41) is 2.80. The molecule has 0 bridgehead atoms. The van der Waals surface area contributed by atoms with Crippen LogP contribution < -0.4 is 14.9 Å². The highest BCUT2D eigenvalue weighted by Crippen LogP contribution is 2.34. The van der Waals surface area contributed by atoms with Gasteiger partial charge in [0.1, 0.15) is 6.04 Å². The number of benzene rings is 2. The van der Waals surface area contributed by atoms with Gasteiger partial charge in [-0.15, -0.1) is 0 Å². The maximum Gasteiger partial charge on any atom is 0.242 e. The minimum Gasteiger partial charge on any atom is -0.325 e. The molecule has 1 aliphatic rings. The van der Waals surface area contributed by atoms with Crippen LogP contribution in [0.4, 0.5) is 11.4 Å². The Hall–Kier alpha value is -2.71. The van der Waals surface area contributed by atoms with Crippen molar-refractivity contribution in [1.82, 2.24) is 4.72 Å². The van der Waals surface area contributed by atoms with Crippen molar-refractivity contribution in [1.29, 1.82) is 0 Å². The molecule has 0 fully saturated rings. The number of carbonyl (C=O) groups excluding carboxylic acids is 2. The minimum absolute atomic E-state index is 0.0262. The van der Waals surface area contributed by atoms with Crippen molar-refractivity contribution in [2.24, 2.45) is 5.92 Å². The Morgan fingerprint density at radius 2 is 1.78 bits per heavy atom. The van der Waals surface area contributed by atoms with Crippen LogP contribution in [-0.2, 0) is 32.5 Å². The van der Waals surface area contributed by atoms with Crippen molar-refractivity contribution in [2.75, 3.05) is 10.2 Å². The Kier molecular flexibility index (Phi) is 7.05. The van der Waals surface area contributed by atoms with Crippen LogP contribution in [0.2, 0.25) is 0 Å². The van der Waals surface area contributed by atoms with Gasteiger partial charge in [-0.05, 0) is 67.1 Å². The van der Waals surface area contributed by atoms with Gasteiger partial charge >= 0.3 is 0 Å². The van der Waals surface area contributed by atoms with E-state index in [1.54, 1.807) is 30.9 Å². The van der Waals surface area contributed by atoms with E-state index < -0.39 is 22.0 Å². The Morgan fingerprint density at radius 1 is 1.12 bits per heavy atom. The Bertz CT molecular complexity index is 1110. The quantitative estimate of drug-likeness (QED) is 0.665. The van der Waals surface area contributed by atoms with Crippen molar-refractivity contribution in [3.05, 3.63) is 53.6 Å². The van der Waals surface area contributed by atoms with Gasteiger partial charge in [-0.2, -0.15) is 4.72 Å². The number of sulfonamides is 1. The first-order chi connectivity index (χ1) is 15.0. The topological polar surface area (TPSA) is 95.6 Å². The molecule has 3 rings (SSSR count). The van der Waals surface area contributed by atoms with E-state index in [4.69, 9.17) is 0 Å². The van der Waals surface area contributed by atoms with Crippen LogP contribution in [0.3, 0.4) is 0 Å². The Balaban J connectivity index is 1.80. The zero-order chi connectivity index (χ0) is 23.6. The number of anilines is 2. The maximum absolute atomic E-state index is 13.1. The third kappa shape index (κ3) is 5.02. The molecule has 172 valence electrons. The molecule has 1 aliphatic heterocycles. The van der Waals surface area contributed by atoms with Crippen LogP contribution >= 0.6 is 0 Å². The van der Waals surface area contributed by atoms with Crippen LogP contribution in [0.15, 0.2) is 47.4 Å². The number of nitrogens with one attached hydrogen (secondary N) is 2. The molecule has 1 heterocycles. The largest absolute Gasteiger partial charge is 0.325 e. The molecule has 0 aromatic heterocycles. The number of amides is 2. The molecule has 0 saturated heterocycles. The molecular formula is C24H31N3O4S. The van der Waals surface area contributed by atoms with Crippen LogP contribution in [0, 0.1) is 5.92 Å². The number of nitrogens with zero attached hydrogens (tertiary/aromatic N) is 1. The van der Waals surface area contributed by atoms with Crippen LogP contribution in [0.1, 0.15) is 45.7 Å². The van der Waals surface area contributed by atoms with E-state index in [0.29, 0.717) is 12.1 Å². The second-order valence-electron chi connectivity index (χ2n) is 8.62. The second kappa shape index (κ2) is 9.42. The number of rotatable bonds is 7. The molecular weight excluding hydrogens is 426 g/mol. The van der Waals surface area contributed by atoms with Gasteiger partial charge in [0, 0.05) is 24.3 Å². The molecule has 2 N–H and O–H groups in total. The predicted molar refractivity (Wildman–Crippen MR) is 126 cm³/mol. The van der Waals surface area contributed by atoms with Crippen LogP contribution in [0.25, 0.3) is 0 Å². The second-order valence-corrected chi connectivity index (χ2v) is 10.3. The molecule has 0 spiro atoms. The van der Waals surface area contributed by atoms with Gasteiger partial charge in [-0.1, -0.05) is 32.9 Å². The van der Waals surface area contributed by atoms with Gasteiger partial charge in [-0.3, -0.25) is 9.59 Å². The van der Waals surface area contributed by atoms with Gasteiger partial charge in [-0.25, -0.2) is 8.42 Å². The van der Waals surface area contributed by atoms with Gasteiger partial charge < -0.3 is 10.2 Å². The molecule has 32 heavy (non-hydrogen) atoms. The summed E-state index contributed by atoms with van der Waals surface area (Å²) >= 11 is 0. The van der Waals surface area contributed by atoms with E-state index >= 15 is 0 Å². The van der Waals surface area contributed by atoms with Crippen LogP contribution in [-0.4, -0.2) is 32.3 Å². The molecule has 2 amide bonds. The summed E-state index contributed by atoms with van der Waals surface area (Å²) in [6, 6.07) is 11.3. The first kappa shape index (κ1) is 23.9. The lowest BCUT2D eigenvalue weighted by Crippen LogP contribution is -2.47. The molecule has 7 nitrogen and oxygen atoms in total. The SMILES string of the molecule is CCc1ccc(NC(=O)[C@@H](NS(=O)(=O)c2ccc3c(c2)C[C@@H](C)N3C(C)=O)C(C)C)cc1. The minimum atomic E-state index is -3.94. The summed E-state index contributed by atoms with van der Waals surface area (Å²) in [4.78, 5) is 26.6. The predicted octanol–water partition coefficient (Wildman–Crippen LogP) is 3.49. The summed E-state index contributed by atoms with van der Waals surface area (Å²) in [5.74, 6) is -0.749. The average molecular weight is 458 g/mol. The number of fused-ring (bicyclic) bond motifs is 1. The fraction of sp³-hybridized carbons (Fsp3) is 0.417. The molecule has 0 radical (unpaired) electrons. The molecule has 2 aromatic rings. The van der Waals surface area contributed by atoms with Crippen molar-refractivity contribution in [2.45, 2.75) is 64.4 Å². The van der Waals surface area contributed by atoms with E-state index in [1.165, 1.54) is 13.0 Å². The van der Waals surface area contributed by atoms with Gasteiger partial charge in [0.05, 0.1) is 4.90 Å². The maximum atomic E-state index is 13.1. The van der Waals surface area contributed by atoms with E-state index in [9.17, 15) is 18.0 Å². The lowest BCUT2D eigenvalue weighted by molar-refractivity contribution is -0.118. The van der Waals surface area contributed by atoms with Crippen molar-refractivity contribution >= 4 is 33.2 Å². The Morgan fingerprint density at radius 3 is 2.34 bits per heavy atom. The summed E-state index contributed by atoms with van der Waals surface area (Å²) in [6.45, 7) is 9.07. The highest BCUT2D eigenvalue weighted by atomic mass is 32.2. The number of carbonyl (C=O) groups is 2. The molecule has 2 atom stereocenters. The normalized spacial score (nSPS) is 16.7. The summed E-state index contributed by atoms with van der Waals surface area (Å²) < 4.78 is 28.8. The third-order valence-corrected chi connectivity index (χ3v) is 7.22. The van der Waals surface area contributed by atoms with E-state index in [0.717, 1.165) is 23.2 Å². The summed E-state index contributed by atoms with van der Waals surface area (Å²) in [6.07, 6.45) is 1.48. The fourth-order valence-electron chi connectivity index (χ4n) is 4.03. The Labute approximate surface area is 190 Å². The highest BCUT2D eigenvalue weighted by Gasteiger charge is 2.32. The lowest BCUT2D eigenvalue weighted by atomic mass is 10.0. The van der Waals surface area contributed by atoms with Crippen molar-refractivity contribution in [3.63, 3.8) is 0 Å². The van der Waals surface area contributed by atoms with Gasteiger partial charge in [0.2, 0.25) is 21.8 Å². The molecule has 0 saturated carbocycles. The standard InChI is InChI=1S/C24H31N3O4S/c1-6-18-7-9-20(10-8-18)25-24(29)23(15(2)3)26-32(30,31)21-11-12-22-19(14-21)13-16(4)27(22)17(5)28/h7-12,14-16,23,26H,6,13H2,1-5H3,(H,25,29)/t16-,23+/m1/s1. The lowest BCUT2D eigenvalue weighted by Gasteiger charge is -2.22. The van der Waals surface area contributed by atoms with Gasteiger partial charge in [0.15, 0.2) is 0 Å². The summed E-state index contributed by atoms with van der Waals surface area (Å²) in [7, 11) is -3.94. The number of hydrogen-bond donors (Lipinski definition) is 2. The van der Waals surface area contributed by atoms with Crippen molar-refractivity contribution < 1.29 is 18.0 Å². The first-order valence-corrected chi connectivity index (χ1v) is 12.4. The number of hydrogen-bond acceptors (Lipinski definition) is 4. The van der Waals surface area contributed by atoms with E-state index in [1.807, 2.05) is 31.2 Å². The summed E-state index contributed by atoms with van der Waals surface area (Å²) in [5.41, 5.74) is 3.31. The number of aryl methyl sites for hydroxylation is 1. The molecule has 2 aromatic carbocycles.